The van der Waals surface area contributed by atoms with Gasteiger partial charge in [-0.2, -0.15) is 0 Å². The number of aliphatic hydroxyl groups is 1. The van der Waals surface area contributed by atoms with Gasteiger partial charge in [-0.15, -0.1) is 0 Å². The van der Waals surface area contributed by atoms with Gasteiger partial charge in [0.2, 0.25) is 0 Å². The summed E-state index contributed by atoms with van der Waals surface area (Å²) < 4.78 is 0. The van der Waals surface area contributed by atoms with Crippen molar-refractivity contribution in [3.8, 4) is 0 Å². The van der Waals surface area contributed by atoms with Crippen LogP contribution < -0.4 is 0 Å². The summed E-state index contributed by atoms with van der Waals surface area (Å²) in [5.74, 6) is 0.292. The third kappa shape index (κ3) is 2.58. The average molecular weight is 192 g/mol. The van der Waals surface area contributed by atoms with Crippen molar-refractivity contribution in [2.24, 2.45) is 0 Å². The predicted octanol–water partition coefficient (Wildman–Crippen LogP) is 3.26. The number of benzene rings is 1. The van der Waals surface area contributed by atoms with Gasteiger partial charge in [-0.25, -0.2) is 0 Å². The van der Waals surface area contributed by atoms with Gasteiger partial charge in [-0.1, -0.05) is 43.7 Å². The molecule has 1 heteroatoms. The van der Waals surface area contributed by atoms with E-state index in [9.17, 15) is 5.11 Å². The Morgan fingerprint density at radius 1 is 1.07 bits per heavy atom. The molecule has 0 fully saturated rings. The minimum Gasteiger partial charge on any atom is -0.393 e. The molecular weight excluding hydrogens is 172 g/mol. The minimum absolute atomic E-state index is 0.206. The zero-order valence-electron chi connectivity index (χ0n) is 9.33. The molecule has 0 aliphatic rings. The number of aliphatic hydroxyl groups excluding tert-OH is 1. The van der Waals surface area contributed by atoms with Crippen molar-refractivity contribution in [3.05, 3.63) is 35.4 Å². The van der Waals surface area contributed by atoms with E-state index in [0.717, 1.165) is 12.8 Å². The largest absolute Gasteiger partial charge is 0.393 e. The van der Waals surface area contributed by atoms with Crippen LogP contribution in [0.3, 0.4) is 0 Å². The van der Waals surface area contributed by atoms with E-state index in [0.29, 0.717) is 5.92 Å². The standard InChI is InChI=1S/C13H20O/c1-4-12(13(14)5-2)11-8-6-10(3)7-9-11/h6-9,12-14H,4-5H2,1-3H3. The molecule has 0 aromatic heterocycles. The van der Waals surface area contributed by atoms with E-state index in [1.807, 2.05) is 6.92 Å². The van der Waals surface area contributed by atoms with Gasteiger partial charge in [-0.3, -0.25) is 0 Å². The Hall–Kier alpha value is -0.820. The Balaban J connectivity index is 2.84. The molecule has 1 aromatic rings. The van der Waals surface area contributed by atoms with Crippen LogP contribution in [-0.2, 0) is 0 Å². The van der Waals surface area contributed by atoms with Crippen LogP contribution in [0.15, 0.2) is 24.3 Å². The monoisotopic (exact) mass is 192 g/mol. The fourth-order valence-electron chi connectivity index (χ4n) is 1.83. The molecule has 0 aliphatic heterocycles. The lowest BCUT2D eigenvalue weighted by Crippen LogP contribution is -2.16. The second kappa shape index (κ2) is 5.16. The van der Waals surface area contributed by atoms with E-state index < -0.39 is 0 Å². The Bertz CT molecular complexity index is 263. The second-order valence-electron chi connectivity index (χ2n) is 3.90. The number of rotatable bonds is 4. The van der Waals surface area contributed by atoms with Gasteiger partial charge in [0.15, 0.2) is 0 Å². The molecule has 2 unspecified atom stereocenters. The highest BCUT2D eigenvalue weighted by molar-refractivity contribution is 5.25. The average Bonchev–Trinajstić information content (AvgIpc) is 2.21. The van der Waals surface area contributed by atoms with E-state index >= 15 is 0 Å². The summed E-state index contributed by atoms with van der Waals surface area (Å²) in [6.07, 6.45) is 1.62. The molecular formula is C13H20O. The van der Waals surface area contributed by atoms with Crippen LogP contribution in [0.25, 0.3) is 0 Å². The summed E-state index contributed by atoms with van der Waals surface area (Å²) in [5, 5.41) is 9.84. The Morgan fingerprint density at radius 3 is 2.07 bits per heavy atom. The maximum atomic E-state index is 9.84. The van der Waals surface area contributed by atoms with Crippen molar-refractivity contribution in [1.82, 2.24) is 0 Å². The van der Waals surface area contributed by atoms with Crippen LogP contribution in [0, 0.1) is 6.92 Å². The highest BCUT2D eigenvalue weighted by Crippen LogP contribution is 2.25. The molecule has 0 bridgehead atoms. The van der Waals surface area contributed by atoms with Gasteiger partial charge < -0.3 is 5.11 Å². The van der Waals surface area contributed by atoms with E-state index in [4.69, 9.17) is 0 Å². The molecule has 0 spiro atoms. The third-order valence-electron chi connectivity index (χ3n) is 2.83. The van der Waals surface area contributed by atoms with Crippen LogP contribution in [0.4, 0.5) is 0 Å². The Labute approximate surface area is 86.8 Å². The zero-order valence-corrected chi connectivity index (χ0v) is 9.33. The van der Waals surface area contributed by atoms with Crippen LogP contribution in [0.5, 0.6) is 0 Å². The van der Waals surface area contributed by atoms with Crippen molar-refractivity contribution in [2.45, 2.75) is 45.6 Å². The fraction of sp³-hybridized carbons (Fsp3) is 0.538. The maximum absolute atomic E-state index is 9.84. The molecule has 1 rings (SSSR count). The van der Waals surface area contributed by atoms with E-state index in [1.165, 1.54) is 11.1 Å². The molecule has 0 saturated carbocycles. The first-order chi connectivity index (χ1) is 6.69. The molecule has 0 radical (unpaired) electrons. The number of hydrogen-bond donors (Lipinski definition) is 1. The van der Waals surface area contributed by atoms with Crippen LogP contribution in [0.1, 0.15) is 43.7 Å². The Morgan fingerprint density at radius 2 is 1.64 bits per heavy atom. The van der Waals surface area contributed by atoms with Gasteiger partial charge in [0, 0.05) is 5.92 Å². The van der Waals surface area contributed by atoms with E-state index in [2.05, 4.69) is 38.1 Å². The summed E-state index contributed by atoms with van der Waals surface area (Å²) in [6.45, 7) is 6.24. The summed E-state index contributed by atoms with van der Waals surface area (Å²) in [7, 11) is 0. The molecule has 14 heavy (non-hydrogen) atoms. The van der Waals surface area contributed by atoms with Gasteiger partial charge in [0.05, 0.1) is 6.10 Å². The van der Waals surface area contributed by atoms with Gasteiger partial charge in [0.1, 0.15) is 0 Å². The first kappa shape index (κ1) is 11.3. The first-order valence-corrected chi connectivity index (χ1v) is 5.43. The quantitative estimate of drug-likeness (QED) is 0.776. The van der Waals surface area contributed by atoms with Crippen LogP contribution in [0.2, 0.25) is 0 Å². The number of hydrogen-bond acceptors (Lipinski definition) is 1. The van der Waals surface area contributed by atoms with Crippen LogP contribution in [-0.4, -0.2) is 11.2 Å². The van der Waals surface area contributed by atoms with E-state index in [-0.39, 0.29) is 6.10 Å². The minimum atomic E-state index is -0.206. The fourth-order valence-corrected chi connectivity index (χ4v) is 1.83. The van der Waals surface area contributed by atoms with Crippen molar-refractivity contribution in [3.63, 3.8) is 0 Å². The maximum Gasteiger partial charge on any atom is 0.0606 e. The summed E-state index contributed by atoms with van der Waals surface area (Å²) in [6, 6.07) is 8.48. The Kier molecular flexibility index (Phi) is 4.15. The second-order valence-corrected chi connectivity index (χ2v) is 3.90. The van der Waals surface area contributed by atoms with Gasteiger partial charge >= 0.3 is 0 Å². The van der Waals surface area contributed by atoms with Crippen molar-refractivity contribution in [1.29, 1.82) is 0 Å². The molecule has 1 nitrogen and oxygen atoms in total. The highest BCUT2D eigenvalue weighted by atomic mass is 16.3. The lowest BCUT2D eigenvalue weighted by molar-refractivity contribution is 0.136. The molecule has 1 N–H and O–H groups in total. The van der Waals surface area contributed by atoms with Crippen molar-refractivity contribution < 1.29 is 5.11 Å². The van der Waals surface area contributed by atoms with Gasteiger partial charge in [0.25, 0.3) is 0 Å². The number of aryl methyl sites for hydroxylation is 1. The molecule has 2 atom stereocenters. The zero-order chi connectivity index (χ0) is 10.6. The van der Waals surface area contributed by atoms with Gasteiger partial charge in [-0.05, 0) is 25.3 Å². The lowest BCUT2D eigenvalue weighted by atomic mass is 9.89. The highest BCUT2D eigenvalue weighted by Gasteiger charge is 2.16. The predicted molar refractivity (Wildman–Crippen MR) is 60.5 cm³/mol. The summed E-state index contributed by atoms with van der Waals surface area (Å²) in [4.78, 5) is 0. The van der Waals surface area contributed by atoms with Crippen molar-refractivity contribution >= 4 is 0 Å². The third-order valence-corrected chi connectivity index (χ3v) is 2.83. The van der Waals surface area contributed by atoms with Crippen molar-refractivity contribution in [2.75, 3.05) is 0 Å². The molecule has 0 heterocycles. The molecule has 0 amide bonds. The summed E-state index contributed by atoms with van der Waals surface area (Å²) in [5.41, 5.74) is 2.53. The molecule has 1 aromatic carbocycles. The first-order valence-electron chi connectivity index (χ1n) is 5.43. The van der Waals surface area contributed by atoms with E-state index in [1.54, 1.807) is 0 Å². The van der Waals surface area contributed by atoms with Crippen LogP contribution >= 0.6 is 0 Å². The molecule has 0 saturated heterocycles. The topological polar surface area (TPSA) is 20.2 Å². The summed E-state index contributed by atoms with van der Waals surface area (Å²) >= 11 is 0. The molecule has 78 valence electrons. The lowest BCUT2D eigenvalue weighted by Gasteiger charge is -2.20. The SMILES string of the molecule is CCC(O)C(CC)c1ccc(C)cc1. The smallest absolute Gasteiger partial charge is 0.0606 e. The normalized spacial score (nSPS) is 15.1. The molecule has 0 aliphatic carbocycles.